The summed E-state index contributed by atoms with van der Waals surface area (Å²) in [6.45, 7) is 4.25. The second-order valence-corrected chi connectivity index (χ2v) is 3.99. The summed E-state index contributed by atoms with van der Waals surface area (Å²) < 4.78 is 1.43. The molecule has 2 N–H and O–H groups in total. The van der Waals surface area contributed by atoms with Crippen LogP contribution in [0.4, 0.5) is 5.69 Å². The number of rotatable bonds is 0. The van der Waals surface area contributed by atoms with Crippen LogP contribution in [0.25, 0.3) is 10.9 Å². The van der Waals surface area contributed by atoms with Gasteiger partial charge in [0.05, 0.1) is 11.2 Å². The Balaban J connectivity index is 0.000000492. The van der Waals surface area contributed by atoms with Crippen molar-refractivity contribution in [2.45, 2.75) is 20.3 Å². The van der Waals surface area contributed by atoms with Gasteiger partial charge in [0.15, 0.2) is 0 Å². The summed E-state index contributed by atoms with van der Waals surface area (Å²) in [4.78, 5) is 11.7. The van der Waals surface area contributed by atoms with E-state index in [1.807, 2.05) is 18.2 Å². The van der Waals surface area contributed by atoms with E-state index in [2.05, 4.69) is 13.8 Å². The Kier molecular flexibility index (Phi) is 4.50. The molecule has 0 amide bonds. The third kappa shape index (κ3) is 2.35. The largest absolute Gasteiger partial charge is 0.397 e. The number of hydrogen-bond donors (Lipinski definition) is 1. The fraction of sp³-hybridized carbons (Fsp3) is 0.286. The normalized spacial score (nSPS) is 9.44. The molecule has 0 aliphatic rings. The number of aryl methyl sites for hydroxylation is 1. The number of benzene rings is 1. The van der Waals surface area contributed by atoms with Gasteiger partial charge in [-0.1, -0.05) is 38.5 Å². The Morgan fingerprint density at radius 2 is 1.89 bits per heavy atom. The van der Waals surface area contributed by atoms with Crippen LogP contribution >= 0.6 is 0 Å². The molecule has 18 heavy (non-hydrogen) atoms. The number of nitrogens with zero attached hydrogens (tertiary/aromatic N) is 2. The highest BCUT2D eigenvalue weighted by Gasteiger charge is 2.11. The van der Waals surface area contributed by atoms with Crippen LogP contribution in [0.5, 0.6) is 0 Å². The van der Waals surface area contributed by atoms with Crippen LogP contribution in [0.3, 0.4) is 0 Å². The number of aromatic nitrogens is 1. The number of hydrogen-bond acceptors (Lipinski definition) is 3. The Bertz CT molecular complexity index is 650. The minimum absolute atomic E-state index is 0.0104. The van der Waals surface area contributed by atoms with Crippen LogP contribution in [0, 0.1) is 11.3 Å². The van der Waals surface area contributed by atoms with E-state index in [-0.39, 0.29) is 16.8 Å². The monoisotopic (exact) mass is 243 g/mol. The first-order valence-electron chi connectivity index (χ1n) is 5.85. The van der Waals surface area contributed by atoms with E-state index >= 15 is 0 Å². The van der Waals surface area contributed by atoms with Crippen molar-refractivity contribution in [1.29, 1.82) is 5.26 Å². The fourth-order valence-corrected chi connectivity index (χ4v) is 1.63. The summed E-state index contributed by atoms with van der Waals surface area (Å²) in [5.41, 5.74) is 6.42. The van der Waals surface area contributed by atoms with Gasteiger partial charge in [0.1, 0.15) is 11.6 Å². The predicted molar refractivity (Wildman–Crippen MR) is 74.3 cm³/mol. The molecule has 0 fully saturated rings. The lowest BCUT2D eigenvalue weighted by Crippen LogP contribution is -2.21. The molecule has 0 spiro atoms. The van der Waals surface area contributed by atoms with E-state index < -0.39 is 0 Å². The van der Waals surface area contributed by atoms with Crippen LogP contribution in [-0.2, 0) is 7.05 Å². The van der Waals surface area contributed by atoms with Crippen LogP contribution in [0.1, 0.15) is 25.8 Å². The molecule has 2 aromatic rings. The van der Waals surface area contributed by atoms with Gasteiger partial charge in [-0.2, -0.15) is 5.26 Å². The smallest absolute Gasteiger partial charge is 0.270 e. The van der Waals surface area contributed by atoms with E-state index in [1.165, 1.54) is 11.0 Å². The average Bonchev–Trinajstić information content (AvgIpc) is 2.38. The summed E-state index contributed by atoms with van der Waals surface area (Å²) in [6, 6.07) is 9.08. The van der Waals surface area contributed by atoms with E-state index in [0.29, 0.717) is 0 Å². The van der Waals surface area contributed by atoms with Crippen LogP contribution in [0.2, 0.25) is 0 Å². The molecular formula is C14H17N3O. The number of para-hydroxylation sites is 1. The molecule has 1 aromatic carbocycles. The highest BCUT2D eigenvalue weighted by atomic mass is 16.1. The van der Waals surface area contributed by atoms with Crippen molar-refractivity contribution >= 4 is 16.6 Å². The minimum Gasteiger partial charge on any atom is -0.397 e. The number of anilines is 1. The topological polar surface area (TPSA) is 71.8 Å². The molecule has 0 saturated heterocycles. The molecule has 2 rings (SSSR count). The molecule has 4 nitrogen and oxygen atoms in total. The summed E-state index contributed by atoms with van der Waals surface area (Å²) in [6.07, 6.45) is 1.25. The molecule has 0 unspecified atom stereocenters. The molecule has 0 aliphatic heterocycles. The highest BCUT2D eigenvalue weighted by molar-refractivity contribution is 5.92. The second kappa shape index (κ2) is 5.87. The lowest BCUT2D eigenvalue weighted by atomic mass is 10.1. The van der Waals surface area contributed by atoms with Gasteiger partial charge in [-0.3, -0.25) is 4.79 Å². The van der Waals surface area contributed by atoms with Gasteiger partial charge in [-0.25, -0.2) is 0 Å². The molecule has 0 saturated carbocycles. The lowest BCUT2D eigenvalue weighted by Gasteiger charge is -2.08. The Morgan fingerprint density at radius 3 is 2.44 bits per heavy atom. The van der Waals surface area contributed by atoms with Crippen LogP contribution in [0.15, 0.2) is 29.1 Å². The van der Waals surface area contributed by atoms with Crippen molar-refractivity contribution in [3.63, 3.8) is 0 Å². The zero-order valence-corrected chi connectivity index (χ0v) is 10.9. The van der Waals surface area contributed by atoms with E-state index in [0.717, 1.165) is 10.9 Å². The highest BCUT2D eigenvalue weighted by Crippen LogP contribution is 2.20. The van der Waals surface area contributed by atoms with Gasteiger partial charge in [0, 0.05) is 12.4 Å². The third-order valence-electron chi connectivity index (χ3n) is 2.46. The van der Waals surface area contributed by atoms with Gasteiger partial charge in [0.2, 0.25) is 0 Å². The Morgan fingerprint density at radius 1 is 1.33 bits per heavy atom. The third-order valence-corrected chi connectivity index (χ3v) is 2.46. The van der Waals surface area contributed by atoms with Crippen molar-refractivity contribution in [3.05, 3.63) is 40.2 Å². The van der Waals surface area contributed by atoms with E-state index in [9.17, 15) is 4.79 Å². The quantitative estimate of drug-likeness (QED) is 0.772. The average molecular weight is 243 g/mol. The van der Waals surface area contributed by atoms with Gasteiger partial charge in [0.25, 0.3) is 5.56 Å². The van der Waals surface area contributed by atoms with Crippen molar-refractivity contribution in [2.75, 3.05) is 5.73 Å². The summed E-state index contributed by atoms with van der Waals surface area (Å²) in [5.74, 6) is 0. The van der Waals surface area contributed by atoms with Crippen LogP contribution in [-0.4, -0.2) is 4.57 Å². The molecule has 1 aromatic heterocycles. The second-order valence-electron chi connectivity index (χ2n) is 3.99. The maximum absolute atomic E-state index is 11.7. The number of fused-ring (bicyclic) bond motifs is 1. The first-order valence-corrected chi connectivity index (χ1v) is 5.85. The fourth-order valence-electron chi connectivity index (χ4n) is 1.63. The number of nitrogens with two attached hydrogens (primary N) is 1. The molecule has 4 heteroatoms. The minimum atomic E-state index is -0.353. The Labute approximate surface area is 106 Å². The number of pyridine rings is 1. The summed E-state index contributed by atoms with van der Waals surface area (Å²) in [7, 11) is 1.63. The van der Waals surface area contributed by atoms with Crippen LogP contribution < -0.4 is 11.3 Å². The van der Waals surface area contributed by atoms with Gasteiger partial charge >= 0.3 is 0 Å². The number of nitrogen functional groups attached to an aromatic ring is 1. The Hall–Kier alpha value is -2.28. The molecule has 1 heterocycles. The molecular weight excluding hydrogens is 226 g/mol. The van der Waals surface area contributed by atoms with E-state index in [4.69, 9.17) is 11.0 Å². The van der Waals surface area contributed by atoms with Gasteiger partial charge < -0.3 is 10.3 Å². The van der Waals surface area contributed by atoms with Crippen molar-refractivity contribution < 1.29 is 0 Å². The van der Waals surface area contributed by atoms with Gasteiger partial charge in [-0.05, 0) is 6.07 Å². The van der Waals surface area contributed by atoms with Crippen molar-refractivity contribution in [2.24, 2.45) is 7.05 Å². The zero-order chi connectivity index (χ0) is 13.7. The predicted octanol–water partition coefficient (Wildman–Crippen LogP) is 2.41. The molecule has 0 radical (unpaired) electrons. The molecule has 0 atom stereocenters. The van der Waals surface area contributed by atoms with Gasteiger partial charge in [-0.15, -0.1) is 0 Å². The summed E-state index contributed by atoms with van der Waals surface area (Å²) >= 11 is 0. The van der Waals surface area contributed by atoms with Crippen molar-refractivity contribution in [3.8, 4) is 6.07 Å². The molecule has 0 bridgehead atoms. The summed E-state index contributed by atoms with van der Waals surface area (Å²) in [5, 5.41) is 9.57. The maximum atomic E-state index is 11.7. The molecule has 0 aliphatic carbocycles. The SMILES string of the molecule is CCC.Cn1c(=O)c(C#N)c(N)c2ccccc21. The molecule has 94 valence electrons. The lowest BCUT2D eigenvalue weighted by molar-refractivity contribution is 0.902. The van der Waals surface area contributed by atoms with E-state index in [1.54, 1.807) is 19.2 Å². The zero-order valence-electron chi connectivity index (χ0n) is 10.9. The maximum Gasteiger partial charge on any atom is 0.270 e. The van der Waals surface area contributed by atoms with Crippen molar-refractivity contribution in [1.82, 2.24) is 4.57 Å². The first kappa shape index (κ1) is 13.8. The number of nitriles is 1. The standard InChI is InChI=1S/C11H9N3O.C3H8/c1-14-9-5-3-2-4-7(9)10(13)8(6-12)11(14)15;1-3-2/h2-5H,13H2,1H3;3H2,1-2H3. The first-order chi connectivity index (χ1) is 8.58.